The van der Waals surface area contributed by atoms with E-state index >= 15 is 0 Å². The molecule has 0 saturated carbocycles. The Labute approximate surface area is 151 Å². The monoisotopic (exact) mass is 373 g/mol. The van der Waals surface area contributed by atoms with Crippen LogP contribution in [-0.4, -0.2) is 16.7 Å². The Kier molecular flexibility index (Phi) is 4.49. The third kappa shape index (κ3) is 3.29. The third-order valence-corrected chi connectivity index (χ3v) is 4.04. The second-order valence-corrected chi connectivity index (χ2v) is 5.77. The Balaban J connectivity index is 2.33. The van der Waals surface area contributed by atoms with E-state index in [2.05, 4.69) is 4.98 Å². The van der Waals surface area contributed by atoms with Gasteiger partial charge >= 0.3 is 6.18 Å². The summed E-state index contributed by atoms with van der Waals surface area (Å²) in [7, 11) is 0. The average molecular weight is 373 g/mol. The molecule has 3 aromatic rings. The lowest BCUT2D eigenvalue weighted by molar-refractivity contribution is -0.137. The molecule has 0 saturated heterocycles. The molecule has 0 fully saturated rings. The zero-order valence-corrected chi connectivity index (χ0v) is 13.8. The highest BCUT2D eigenvalue weighted by Crippen LogP contribution is 2.41. The number of amides is 1. The Bertz CT molecular complexity index is 1020. The molecule has 1 amide bonds. The minimum Gasteiger partial charge on any atom is -0.385 e. The highest BCUT2D eigenvalue weighted by molar-refractivity contribution is 6.17. The van der Waals surface area contributed by atoms with Gasteiger partial charge in [0.15, 0.2) is 0 Å². The summed E-state index contributed by atoms with van der Waals surface area (Å²) in [6, 6.07) is 12.5. The maximum Gasteiger partial charge on any atom is 0.417 e. The summed E-state index contributed by atoms with van der Waals surface area (Å²) >= 11 is 0. The van der Waals surface area contributed by atoms with Crippen LogP contribution in [0.2, 0.25) is 0 Å². The minimum absolute atomic E-state index is 0.223. The summed E-state index contributed by atoms with van der Waals surface area (Å²) in [5, 5.41) is 0. The number of nitrogens with one attached hydrogen (secondary N) is 1. The Morgan fingerprint density at radius 1 is 0.926 bits per heavy atom. The number of benzene rings is 2. The number of carbonyl (C=O) groups excluding carboxylic acids is 2. The number of aromatic nitrogens is 1. The molecule has 1 aromatic heterocycles. The number of carbonyl (C=O) groups is 2. The maximum absolute atomic E-state index is 13.5. The van der Waals surface area contributed by atoms with E-state index in [-0.39, 0.29) is 33.8 Å². The van der Waals surface area contributed by atoms with Crippen LogP contribution in [-0.2, 0) is 6.18 Å². The van der Waals surface area contributed by atoms with E-state index < -0.39 is 23.4 Å². The van der Waals surface area contributed by atoms with Crippen LogP contribution in [0.5, 0.6) is 0 Å². The number of primary amides is 1. The number of rotatable bonds is 4. The fraction of sp³-hybridized carbons (Fsp3) is 0.0526. The molecule has 8 heteroatoms. The van der Waals surface area contributed by atoms with Gasteiger partial charge in [0.2, 0.25) is 5.78 Å². The van der Waals surface area contributed by atoms with Crippen molar-refractivity contribution < 1.29 is 22.8 Å². The van der Waals surface area contributed by atoms with Gasteiger partial charge in [0.1, 0.15) is 5.82 Å². The van der Waals surface area contributed by atoms with Gasteiger partial charge in [0.25, 0.3) is 5.91 Å². The summed E-state index contributed by atoms with van der Waals surface area (Å²) < 4.78 is 40.5. The largest absolute Gasteiger partial charge is 0.417 e. The van der Waals surface area contributed by atoms with Crippen molar-refractivity contribution in [3.8, 4) is 11.1 Å². The molecular weight excluding hydrogens is 359 g/mol. The summed E-state index contributed by atoms with van der Waals surface area (Å²) in [5.74, 6) is -1.92. The van der Waals surface area contributed by atoms with Crippen molar-refractivity contribution in [1.82, 2.24) is 4.98 Å². The molecule has 2 aromatic carbocycles. The van der Waals surface area contributed by atoms with E-state index in [0.717, 1.165) is 6.07 Å². The zero-order valence-electron chi connectivity index (χ0n) is 13.8. The number of alkyl halides is 3. The van der Waals surface area contributed by atoms with Gasteiger partial charge in [0, 0.05) is 11.1 Å². The van der Waals surface area contributed by atoms with Crippen LogP contribution in [0.3, 0.4) is 0 Å². The molecule has 138 valence electrons. The quantitative estimate of drug-likeness (QED) is 0.609. The zero-order chi connectivity index (χ0) is 19.8. The van der Waals surface area contributed by atoms with Crippen molar-refractivity contribution >= 4 is 17.5 Å². The number of anilines is 1. The van der Waals surface area contributed by atoms with Crippen molar-refractivity contribution in [2.45, 2.75) is 6.18 Å². The smallest absolute Gasteiger partial charge is 0.385 e. The lowest BCUT2D eigenvalue weighted by Gasteiger charge is -2.14. The SMILES string of the molecule is NC(=O)c1c(N)[nH]c(C(=O)c2ccccc2)c1-c1ccccc1C(F)(F)F. The van der Waals surface area contributed by atoms with Crippen LogP contribution in [0.15, 0.2) is 54.6 Å². The fourth-order valence-corrected chi connectivity index (χ4v) is 2.90. The normalized spacial score (nSPS) is 11.4. The number of halogens is 3. The van der Waals surface area contributed by atoms with E-state index in [0.29, 0.717) is 0 Å². The van der Waals surface area contributed by atoms with Gasteiger partial charge in [-0.3, -0.25) is 9.59 Å². The number of nitrogen functional groups attached to an aromatic ring is 1. The van der Waals surface area contributed by atoms with Crippen LogP contribution < -0.4 is 11.5 Å². The van der Waals surface area contributed by atoms with Crippen molar-refractivity contribution in [1.29, 1.82) is 0 Å². The molecule has 0 bridgehead atoms. The molecule has 0 unspecified atom stereocenters. The lowest BCUT2D eigenvalue weighted by Crippen LogP contribution is -2.15. The van der Waals surface area contributed by atoms with E-state index in [1.807, 2.05) is 0 Å². The molecule has 0 aliphatic heterocycles. The van der Waals surface area contributed by atoms with Crippen LogP contribution in [0, 0.1) is 0 Å². The highest BCUT2D eigenvalue weighted by atomic mass is 19.4. The summed E-state index contributed by atoms with van der Waals surface area (Å²) in [5.41, 5.74) is 9.11. The van der Waals surface area contributed by atoms with Crippen molar-refractivity contribution in [3.63, 3.8) is 0 Å². The number of hydrogen-bond donors (Lipinski definition) is 3. The van der Waals surface area contributed by atoms with Crippen molar-refractivity contribution in [2.24, 2.45) is 5.73 Å². The average Bonchev–Trinajstić information content (AvgIpc) is 2.98. The van der Waals surface area contributed by atoms with Crippen LogP contribution in [0.25, 0.3) is 11.1 Å². The third-order valence-electron chi connectivity index (χ3n) is 4.04. The van der Waals surface area contributed by atoms with Gasteiger partial charge in [-0.05, 0) is 11.6 Å². The summed E-state index contributed by atoms with van der Waals surface area (Å²) in [4.78, 5) is 27.3. The van der Waals surface area contributed by atoms with Crippen LogP contribution in [0.1, 0.15) is 32.0 Å². The maximum atomic E-state index is 13.5. The molecule has 5 nitrogen and oxygen atoms in total. The second-order valence-electron chi connectivity index (χ2n) is 5.77. The van der Waals surface area contributed by atoms with Crippen molar-refractivity contribution in [3.05, 3.63) is 77.0 Å². The topological polar surface area (TPSA) is 102 Å². The van der Waals surface area contributed by atoms with E-state index in [1.165, 1.54) is 30.3 Å². The lowest BCUT2D eigenvalue weighted by atomic mass is 9.93. The Morgan fingerprint density at radius 2 is 1.52 bits per heavy atom. The first-order valence-electron chi connectivity index (χ1n) is 7.79. The Morgan fingerprint density at radius 3 is 2.11 bits per heavy atom. The van der Waals surface area contributed by atoms with Gasteiger partial charge in [-0.1, -0.05) is 48.5 Å². The van der Waals surface area contributed by atoms with Crippen LogP contribution in [0.4, 0.5) is 19.0 Å². The predicted octanol–water partition coefficient (Wildman–Crippen LogP) is 3.61. The number of ketones is 1. The van der Waals surface area contributed by atoms with E-state index in [4.69, 9.17) is 11.5 Å². The molecule has 1 heterocycles. The second kappa shape index (κ2) is 6.64. The molecule has 5 N–H and O–H groups in total. The molecule has 3 rings (SSSR count). The highest BCUT2D eigenvalue weighted by Gasteiger charge is 2.36. The number of H-pyrrole nitrogens is 1. The number of hydrogen-bond acceptors (Lipinski definition) is 3. The minimum atomic E-state index is -4.70. The standard InChI is InChI=1S/C19H14F3N3O2/c20-19(21,22)12-9-5-4-8-11(12)13-14(18(24)27)17(23)25-15(13)16(26)10-6-2-1-3-7-10/h1-9,25H,23H2,(H2,24,27). The molecular formula is C19H14F3N3O2. The number of nitrogens with two attached hydrogens (primary N) is 2. The molecule has 0 aliphatic carbocycles. The predicted molar refractivity (Wildman–Crippen MR) is 94.0 cm³/mol. The summed E-state index contributed by atoms with van der Waals surface area (Å²) in [6.45, 7) is 0. The molecule has 27 heavy (non-hydrogen) atoms. The van der Waals surface area contributed by atoms with E-state index in [9.17, 15) is 22.8 Å². The van der Waals surface area contributed by atoms with Gasteiger partial charge in [-0.2, -0.15) is 13.2 Å². The molecule has 0 spiro atoms. The first-order chi connectivity index (χ1) is 12.7. The molecule has 0 aliphatic rings. The summed E-state index contributed by atoms with van der Waals surface area (Å²) in [6.07, 6.45) is -4.70. The van der Waals surface area contributed by atoms with E-state index in [1.54, 1.807) is 18.2 Å². The fourth-order valence-electron chi connectivity index (χ4n) is 2.90. The first-order valence-corrected chi connectivity index (χ1v) is 7.79. The van der Waals surface area contributed by atoms with Gasteiger partial charge in [-0.25, -0.2) is 0 Å². The molecule has 0 atom stereocenters. The number of aromatic amines is 1. The molecule has 0 radical (unpaired) electrons. The first kappa shape index (κ1) is 18.2. The van der Waals surface area contributed by atoms with Gasteiger partial charge in [0.05, 0.1) is 16.8 Å². The van der Waals surface area contributed by atoms with Gasteiger partial charge in [-0.15, -0.1) is 0 Å². The Hall–Kier alpha value is -3.55. The van der Waals surface area contributed by atoms with Crippen LogP contribution >= 0.6 is 0 Å². The van der Waals surface area contributed by atoms with Crippen molar-refractivity contribution in [2.75, 3.05) is 5.73 Å². The van der Waals surface area contributed by atoms with Gasteiger partial charge < -0.3 is 16.5 Å².